The third-order valence-corrected chi connectivity index (χ3v) is 12.0. The van der Waals surface area contributed by atoms with Crippen LogP contribution in [0, 0.1) is 11.8 Å². The molecule has 2 aliphatic carbocycles. The maximum Gasteiger partial charge on any atom is 0.329 e. The van der Waals surface area contributed by atoms with Gasteiger partial charge >= 0.3 is 5.97 Å². The van der Waals surface area contributed by atoms with Gasteiger partial charge in [-0.15, -0.1) is 0 Å². The van der Waals surface area contributed by atoms with Crippen LogP contribution in [0.4, 0.5) is 5.69 Å². The number of allylic oxidation sites excluding steroid dienone is 1. The predicted octanol–water partition coefficient (Wildman–Crippen LogP) is 5.11. The van der Waals surface area contributed by atoms with Crippen LogP contribution in [-0.2, 0) is 31.4 Å². The Kier molecular flexibility index (Phi) is 8.69. The Morgan fingerprint density at radius 2 is 2.07 bits per heavy atom. The Morgan fingerprint density at radius 1 is 1.23 bits per heavy atom. The van der Waals surface area contributed by atoms with Crippen molar-refractivity contribution in [3.05, 3.63) is 70.3 Å². The summed E-state index contributed by atoms with van der Waals surface area (Å²) in [6, 6.07) is 11.2. The van der Waals surface area contributed by atoms with E-state index in [-0.39, 0.29) is 29.2 Å². The maximum absolute atomic E-state index is 13.4. The molecule has 11 heteroatoms. The van der Waals surface area contributed by atoms with Crippen molar-refractivity contribution in [1.29, 1.82) is 0 Å². The minimum Gasteiger partial charge on any atom is -0.490 e. The van der Waals surface area contributed by atoms with E-state index in [9.17, 15) is 23.1 Å². The molecule has 4 aliphatic rings. The fourth-order valence-corrected chi connectivity index (χ4v) is 8.97. The molecule has 0 saturated heterocycles. The number of ether oxygens (including phenoxy) is 2. The van der Waals surface area contributed by atoms with Gasteiger partial charge in [-0.05, 0) is 98.2 Å². The molecule has 2 aromatic carbocycles. The molecule has 2 aromatic rings. The van der Waals surface area contributed by atoms with E-state index in [1.807, 2.05) is 18.2 Å². The number of hydrogen-bond acceptors (Lipinski definition) is 7. The smallest absolute Gasteiger partial charge is 0.329 e. The molecule has 44 heavy (non-hydrogen) atoms. The van der Waals surface area contributed by atoms with Gasteiger partial charge in [-0.2, -0.15) is 0 Å². The Bertz CT molecular complexity index is 1580. The van der Waals surface area contributed by atoms with E-state index in [2.05, 4.69) is 15.7 Å². The van der Waals surface area contributed by atoms with Gasteiger partial charge in [0.15, 0.2) is 0 Å². The normalized spacial score (nSPS) is 30.2. The van der Waals surface area contributed by atoms with Crippen molar-refractivity contribution >= 4 is 39.2 Å². The van der Waals surface area contributed by atoms with Crippen molar-refractivity contribution < 1.29 is 32.6 Å². The van der Waals surface area contributed by atoms with E-state index in [1.165, 1.54) is 11.1 Å². The summed E-state index contributed by atoms with van der Waals surface area (Å²) in [5.41, 5.74) is 3.14. The molecule has 1 saturated carbocycles. The number of nitrogens with zero attached hydrogens (tertiary/aromatic N) is 1. The third kappa shape index (κ3) is 6.08. The number of carbonyl (C=O) groups excluding carboxylic acids is 1. The predicted molar refractivity (Wildman–Crippen MR) is 168 cm³/mol. The quantitative estimate of drug-likeness (QED) is 0.442. The molecule has 1 spiro atoms. The number of benzene rings is 2. The summed E-state index contributed by atoms with van der Waals surface area (Å²) in [7, 11) is -3.99. The zero-order chi connectivity index (χ0) is 31.1. The lowest BCUT2D eigenvalue weighted by atomic mass is 9.68. The molecular formula is C33H39ClN2O7S. The van der Waals surface area contributed by atoms with Crippen LogP contribution in [0.2, 0.25) is 5.02 Å². The Balaban J connectivity index is 1.43. The molecule has 0 radical (unpaired) electrons. The molecule has 2 bridgehead atoms. The zero-order valence-electron chi connectivity index (χ0n) is 24.8. The third-order valence-electron chi connectivity index (χ3n) is 9.91. The molecule has 9 nitrogen and oxygen atoms in total. The monoisotopic (exact) mass is 642 g/mol. The molecule has 1 amide bonds. The highest BCUT2D eigenvalue weighted by molar-refractivity contribution is 7.90. The number of sulfonamides is 1. The molecule has 0 aromatic heterocycles. The van der Waals surface area contributed by atoms with E-state index < -0.39 is 39.9 Å². The molecule has 2 aliphatic heterocycles. The average molecular weight is 643 g/mol. The summed E-state index contributed by atoms with van der Waals surface area (Å²) < 4.78 is 41.3. The van der Waals surface area contributed by atoms with Gasteiger partial charge in [-0.25, -0.2) is 17.9 Å². The maximum atomic E-state index is 13.4. The van der Waals surface area contributed by atoms with Crippen molar-refractivity contribution in [3.8, 4) is 5.75 Å². The van der Waals surface area contributed by atoms with Gasteiger partial charge in [0, 0.05) is 29.1 Å². The summed E-state index contributed by atoms with van der Waals surface area (Å²) in [4.78, 5) is 27.1. The van der Waals surface area contributed by atoms with E-state index >= 15 is 0 Å². The minimum atomic E-state index is -3.99. The van der Waals surface area contributed by atoms with Gasteiger partial charge in [0.1, 0.15) is 12.4 Å². The summed E-state index contributed by atoms with van der Waals surface area (Å²) in [5, 5.41) is 9.24. The van der Waals surface area contributed by atoms with Gasteiger partial charge in [0.25, 0.3) is 5.91 Å². The number of aryl methyl sites for hydroxylation is 1. The number of amides is 1. The van der Waals surface area contributed by atoms with Gasteiger partial charge < -0.3 is 19.5 Å². The lowest BCUT2D eigenvalue weighted by Crippen LogP contribution is -2.49. The van der Waals surface area contributed by atoms with Gasteiger partial charge in [-0.1, -0.05) is 36.7 Å². The largest absolute Gasteiger partial charge is 0.490 e. The van der Waals surface area contributed by atoms with Crippen molar-refractivity contribution in [1.82, 2.24) is 4.72 Å². The van der Waals surface area contributed by atoms with Crippen LogP contribution in [0.3, 0.4) is 0 Å². The fourth-order valence-electron chi connectivity index (χ4n) is 7.43. The molecule has 1 fully saturated rings. The SMILES string of the molecule is CC[C@@H]1C/C=C\[C@H](OCC(=O)O)[C@@H]2CC[C@H]2CN2C[C@@]3(CCCc4cc(Cl)ccc43)COc3ccc(cc32)C(=O)NS1(=O)=O. The molecule has 236 valence electrons. The number of rotatable bonds is 4. The van der Waals surface area contributed by atoms with Gasteiger partial charge in [-0.3, -0.25) is 4.79 Å². The highest BCUT2D eigenvalue weighted by Crippen LogP contribution is 2.47. The van der Waals surface area contributed by atoms with Crippen LogP contribution in [0.5, 0.6) is 5.75 Å². The Hall–Kier alpha value is -3.08. The first-order valence-electron chi connectivity index (χ1n) is 15.5. The number of carbonyl (C=O) groups is 2. The van der Waals surface area contributed by atoms with Crippen LogP contribution in [0.15, 0.2) is 48.6 Å². The minimum absolute atomic E-state index is 0.0661. The lowest BCUT2D eigenvalue weighted by molar-refractivity contribution is -0.145. The Morgan fingerprint density at radius 3 is 2.82 bits per heavy atom. The van der Waals surface area contributed by atoms with Gasteiger partial charge in [0.2, 0.25) is 10.0 Å². The van der Waals surface area contributed by atoms with Crippen molar-refractivity contribution in [3.63, 3.8) is 0 Å². The topological polar surface area (TPSA) is 122 Å². The molecule has 5 atom stereocenters. The number of fused-ring (bicyclic) bond motifs is 4. The number of anilines is 1. The summed E-state index contributed by atoms with van der Waals surface area (Å²) in [6.45, 7) is 3.10. The number of aliphatic carboxylic acids is 1. The second kappa shape index (κ2) is 12.4. The van der Waals surface area contributed by atoms with Crippen LogP contribution in [0.25, 0.3) is 0 Å². The molecular weight excluding hydrogens is 604 g/mol. The molecule has 6 rings (SSSR count). The summed E-state index contributed by atoms with van der Waals surface area (Å²) in [6.07, 6.45) is 8.29. The second-order valence-corrected chi connectivity index (χ2v) is 15.0. The number of halogens is 1. The lowest BCUT2D eigenvalue weighted by Gasteiger charge is -2.46. The van der Waals surface area contributed by atoms with E-state index in [1.54, 1.807) is 31.2 Å². The highest BCUT2D eigenvalue weighted by Gasteiger charge is 2.44. The van der Waals surface area contributed by atoms with Gasteiger partial charge in [0.05, 0.1) is 23.6 Å². The summed E-state index contributed by atoms with van der Waals surface area (Å²) >= 11 is 6.39. The molecule has 2 N–H and O–H groups in total. The van der Waals surface area contributed by atoms with Crippen LogP contribution in [-0.4, -0.2) is 63.1 Å². The first-order valence-corrected chi connectivity index (χ1v) is 17.4. The zero-order valence-corrected chi connectivity index (χ0v) is 26.4. The van der Waals surface area contributed by atoms with E-state index in [4.69, 9.17) is 21.1 Å². The van der Waals surface area contributed by atoms with E-state index in [0.717, 1.165) is 37.8 Å². The number of nitrogens with one attached hydrogen (secondary N) is 1. The first kappa shape index (κ1) is 30.9. The highest BCUT2D eigenvalue weighted by atomic mass is 35.5. The molecule has 2 heterocycles. The second-order valence-electron chi connectivity index (χ2n) is 12.6. The van der Waals surface area contributed by atoms with Crippen LogP contribution in [0.1, 0.15) is 66.9 Å². The van der Waals surface area contributed by atoms with Crippen molar-refractivity contribution in [2.45, 2.75) is 68.6 Å². The number of carboxylic acids is 1. The van der Waals surface area contributed by atoms with Crippen LogP contribution >= 0.6 is 11.6 Å². The molecule has 0 unspecified atom stereocenters. The van der Waals surface area contributed by atoms with Crippen molar-refractivity contribution in [2.75, 3.05) is 31.2 Å². The first-order chi connectivity index (χ1) is 21.1. The summed E-state index contributed by atoms with van der Waals surface area (Å²) in [5.74, 6) is -0.816. The number of hydrogen-bond donors (Lipinski definition) is 2. The number of carboxylic acid groups (broad SMARTS) is 1. The van der Waals surface area contributed by atoms with E-state index in [0.29, 0.717) is 36.9 Å². The fraction of sp³-hybridized carbons (Fsp3) is 0.515. The average Bonchev–Trinajstić information content (AvgIpc) is 3.12. The van der Waals surface area contributed by atoms with Crippen molar-refractivity contribution in [2.24, 2.45) is 11.8 Å². The Labute approximate surface area is 263 Å². The van der Waals surface area contributed by atoms with Crippen LogP contribution < -0.4 is 14.4 Å². The standard InChI is InChI=1S/C33H39ClN2O7S/c1-2-25-6-3-7-29(42-18-31(37)38)26-11-8-23(26)17-36-19-33(14-4-5-21-15-24(34)10-12-27(21)33)20-43-30-13-9-22(16-28(30)36)32(39)35-44(25,40)41/h3,7,9-10,12-13,15-16,23,25-26,29H,2,4-6,8,11,14,17-20H2,1H3,(H,35,39)(H,37,38)/b7-3-/t23-,25+,26+,29-,33-/m0/s1.